The molecule has 0 unspecified atom stereocenters. The Hall–Kier alpha value is -1.18. The molecule has 0 radical (unpaired) electrons. The van der Waals surface area contributed by atoms with E-state index in [1.54, 1.807) is 0 Å². The van der Waals surface area contributed by atoms with E-state index in [1.165, 1.54) is 12.8 Å². The first-order valence-corrected chi connectivity index (χ1v) is 4.31. The molecular weight excluding hydrogens is 148 g/mol. The lowest BCUT2D eigenvalue weighted by Gasteiger charge is -1.95. The summed E-state index contributed by atoms with van der Waals surface area (Å²) in [5, 5.41) is 0. The number of rotatable bonds is 2. The van der Waals surface area contributed by atoms with Gasteiger partial charge in [0.2, 0.25) is 0 Å². The first-order valence-electron chi connectivity index (χ1n) is 4.31. The second kappa shape index (κ2) is 3.05. The number of pyridine rings is 1. The molecule has 62 valence electrons. The summed E-state index contributed by atoms with van der Waals surface area (Å²) in [5.41, 5.74) is 2.20. The molecule has 2 nitrogen and oxygen atoms in total. The standard InChI is InChI=1S/C10H12N2/c1-8-9(3-2-6-11-8)7-12-10-4-5-10/h2-3,6-7,10H,4-5H2,1H3. The number of nitrogens with zero attached hydrogens (tertiary/aromatic N) is 2. The Bertz CT molecular complexity index is 300. The van der Waals surface area contributed by atoms with Gasteiger partial charge in [-0.05, 0) is 25.8 Å². The monoisotopic (exact) mass is 160 g/mol. The molecule has 0 aliphatic heterocycles. The topological polar surface area (TPSA) is 25.2 Å². The largest absolute Gasteiger partial charge is 0.289 e. The highest BCUT2D eigenvalue weighted by Gasteiger charge is 2.18. The van der Waals surface area contributed by atoms with Crippen molar-refractivity contribution in [2.24, 2.45) is 4.99 Å². The Labute approximate surface area is 72.4 Å². The molecule has 1 fully saturated rings. The highest BCUT2D eigenvalue weighted by atomic mass is 14.8. The second-order valence-corrected chi connectivity index (χ2v) is 3.19. The summed E-state index contributed by atoms with van der Waals surface area (Å²) in [6.07, 6.45) is 6.27. The summed E-state index contributed by atoms with van der Waals surface area (Å²) >= 11 is 0. The molecule has 1 aliphatic rings. The normalized spacial score (nSPS) is 17.1. The quantitative estimate of drug-likeness (QED) is 0.607. The minimum absolute atomic E-state index is 0.601. The zero-order valence-corrected chi connectivity index (χ0v) is 7.20. The lowest BCUT2D eigenvalue weighted by atomic mass is 10.2. The van der Waals surface area contributed by atoms with Crippen LogP contribution >= 0.6 is 0 Å². The van der Waals surface area contributed by atoms with Crippen LogP contribution in [0.5, 0.6) is 0 Å². The van der Waals surface area contributed by atoms with E-state index in [9.17, 15) is 0 Å². The van der Waals surface area contributed by atoms with Gasteiger partial charge in [0.15, 0.2) is 0 Å². The fourth-order valence-electron chi connectivity index (χ4n) is 1.04. The van der Waals surface area contributed by atoms with Crippen molar-refractivity contribution in [1.82, 2.24) is 4.98 Å². The first-order chi connectivity index (χ1) is 5.86. The summed E-state index contributed by atoms with van der Waals surface area (Å²) in [5.74, 6) is 0. The van der Waals surface area contributed by atoms with Crippen molar-refractivity contribution in [2.45, 2.75) is 25.8 Å². The number of hydrogen-bond acceptors (Lipinski definition) is 2. The highest BCUT2D eigenvalue weighted by molar-refractivity contribution is 5.81. The Morgan fingerprint density at radius 2 is 2.42 bits per heavy atom. The van der Waals surface area contributed by atoms with E-state index in [0.717, 1.165) is 11.3 Å². The van der Waals surface area contributed by atoms with Crippen LogP contribution in [-0.2, 0) is 0 Å². The third kappa shape index (κ3) is 1.70. The van der Waals surface area contributed by atoms with Crippen molar-refractivity contribution in [3.63, 3.8) is 0 Å². The van der Waals surface area contributed by atoms with Gasteiger partial charge in [0.05, 0.1) is 6.04 Å². The average molecular weight is 160 g/mol. The van der Waals surface area contributed by atoms with Gasteiger partial charge < -0.3 is 0 Å². The van der Waals surface area contributed by atoms with Crippen LogP contribution in [0.25, 0.3) is 0 Å². The van der Waals surface area contributed by atoms with Crippen molar-refractivity contribution in [3.05, 3.63) is 29.6 Å². The van der Waals surface area contributed by atoms with Crippen LogP contribution in [0.1, 0.15) is 24.1 Å². The Morgan fingerprint density at radius 3 is 3.08 bits per heavy atom. The van der Waals surface area contributed by atoms with Crippen LogP contribution in [-0.4, -0.2) is 17.2 Å². The molecule has 2 heteroatoms. The van der Waals surface area contributed by atoms with Gasteiger partial charge in [0.1, 0.15) is 0 Å². The molecule has 1 heterocycles. The number of aromatic nitrogens is 1. The molecule has 1 saturated carbocycles. The molecule has 0 saturated heterocycles. The lowest BCUT2D eigenvalue weighted by molar-refractivity contribution is 1.07. The van der Waals surface area contributed by atoms with E-state index in [-0.39, 0.29) is 0 Å². The number of aliphatic imine (C=N–C) groups is 1. The molecule has 12 heavy (non-hydrogen) atoms. The van der Waals surface area contributed by atoms with E-state index < -0.39 is 0 Å². The molecule has 0 amide bonds. The van der Waals surface area contributed by atoms with Gasteiger partial charge in [-0.2, -0.15) is 0 Å². The second-order valence-electron chi connectivity index (χ2n) is 3.19. The number of aryl methyl sites for hydroxylation is 1. The molecule has 1 aromatic heterocycles. The highest BCUT2D eigenvalue weighted by Crippen LogP contribution is 2.23. The van der Waals surface area contributed by atoms with E-state index in [1.807, 2.05) is 31.5 Å². The Morgan fingerprint density at radius 1 is 1.58 bits per heavy atom. The van der Waals surface area contributed by atoms with Crippen LogP contribution in [0.3, 0.4) is 0 Å². The first kappa shape index (κ1) is 7.47. The van der Waals surface area contributed by atoms with Gasteiger partial charge in [-0.15, -0.1) is 0 Å². The molecule has 0 spiro atoms. The molecule has 0 atom stereocenters. The maximum absolute atomic E-state index is 4.40. The molecule has 0 bridgehead atoms. The molecule has 1 aliphatic carbocycles. The molecule has 0 aromatic carbocycles. The molecule has 2 rings (SSSR count). The molecule has 0 N–H and O–H groups in total. The fourth-order valence-corrected chi connectivity index (χ4v) is 1.04. The van der Waals surface area contributed by atoms with Gasteiger partial charge in [0.25, 0.3) is 0 Å². The van der Waals surface area contributed by atoms with Gasteiger partial charge >= 0.3 is 0 Å². The van der Waals surface area contributed by atoms with Crippen LogP contribution in [0.15, 0.2) is 23.3 Å². The third-order valence-corrected chi connectivity index (χ3v) is 2.02. The van der Waals surface area contributed by atoms with Gasteiger partial charge in [0, 0.05) is 23.7 Å². The summed E-state index contributed by atoms with van der Waals surface area (Å²) in [7, 11) is 0. The third-order valence-electron chi connectivity index (χ3n) is 2.02. The minimum Gasteiger partial charge on any atom is -0.289 e. The van der Waals surface area contributed by atoms with E-state index >= 15 is 0 Å². The van der Waals surface area contributed by atoms with Crippen molar-refractivity contribution < 1.29 is 0 Å². The number of hydrogen-bond donors (Lipinski definition) is 0. The zero-order valence-electron chi connectivity index (χ0n) is 7.20. The van der Waals surface area contributed by atoms with E-state index in [2.05, 4.69) is 9.98 Å². The summed E-state index contributed by atoms with van der Waals surface area (Å²) < 4.78 is 0. The van der Waals surface area contributed by atoms with Gasteiger partial charge in [-0.3, -0.25) is 9.98 Å². The van der Waals surface area contributed by atoms with Crippen LogP contribution in [0.4, 0.5) is 0 Å². The van der Waals surface area contributed by atoms with Crippen LogP contribution < -0.4 is 0 Å². The fraction of sp³-hybridized carbons (Fsp3) is 0.400. The predicted molar refractivity (Wildman–Crippen MR) is 49.6 cm³/mol. The Balaban J connectivity index is 2.15. The lowest BCUT2D eigenvalue weighted by Crippen LogP contribution is -1.90. The van der Waals surface area contributed by atoms with Gasteiger partial charge in [-0.25, -0.2) is 0 Å². The van der Waals surface area contributed by atoms with Crippen molar-refractivity contribution in [2.75, 3.05) is 0 Å². The molecular formula is C10H12N2. The maximum Gasteiger partial charge on any atom is 0.0501 e. The van der Waals surface area contributed by atoms with Crippen LogP contribution in [0, 0.1) is 6.92 Å². The average Bonchev–Trinajstić information content (AvgIpc) is 2.86. The smallest absolute Gasteiger partial charge is 0.0501 e. The van der Waals surface area contributed by atoms with E-state index in [4.69, 9.17) is 0 Å². The summed E-state index contributed by atoms with van der Waals surface area (Å²) in [4.78, 5) is 8.59. The van der Waals surface area contributed by atoms with Crippen molar-refractivity contribution in [1.29, 1.82) is 0 Å². The van der Waals surface area contributed by atoms with Crippen molar-refractivity contribution >= 4 is 6.21 Å². The maximum atomic E-state index is 4.40. The predicted octanol–water partition coefficient (Wildman–Crippen LogP) is 1.97. The van der Waals surface area contributed by atoms with Crippen LogP contribution in [0.2, 0.25) is 0 Å². The Kier molecular flexibility index (Phi) is 1.90. The van der Waals surface area contributed by atoms with Gasteiger partial charge in [-0.1, -0.05) is 6.07 Å². The zero-order chi connectivity index (χ0) is 8.39. The molecule has 1 aromatic rings. The SMILES string of the molecule is Cc1ncccc1C=NC1CC1. The van der Waals surface area contributed by atoms with Crippen molar-refractivity contribution in [3.8, 4) is 0 Å². The summed E-state index contributed by atoms with van der Waals surface area (Å²) in [6, 6.07) is 4.60. The summed E-state index contributed by atoms with van der Waals surface area (Å²) in [6.45, 7) is 2.01. The van der Waals surface area contributed by atoms with E-state index in [0.29, 0.717) is 6.04 Å². The minimum atomic E-state index is 0.601.